The molecule has 110 valence electrons. The van der Waals surface area contributed by atoms with Crippen molar-refractivity contribution in [2.24, 2.45) is 0 Å². The highest BCUT2D eigenvalue weighted by atomic mass is 16.5. The lowest BCUT2D eigenvalue weighted by Crippen LogP contribution is -2.38. The summed E-state index contributed by atoms with van der Waals surface area (Å²) in [5, 5.41) is 4.25. The fourth-order valence-electron chi connectivity index (χ4n) is 1.69. The van der Waals surface area contributed by atoms with Crippen molar-refractivity contribution in [2.75, 3.05) is 26.1 Å². The minimum absolute atomic E-state index is 0.254. The Morgan fingerprint density at radius 1 is 1.38 bits per heavy atom. The van der Waals surface area contributed by atoms with Gasteiger partial charge in [-0.1, -0.05) is 4.68 Å². The van der Waals surface area contributed by atoms with E-state index in [0.29, 0.717) is 18.8 Å². The minimum Gasteiger partial charge on any atom is -0.469 e. The molecule has 2 heterocycles. The predicted molar refractivity (Wildman–Crippen MR) is 76.4 cm³/mol. The van der Waals surface area contributed by atoms with E-state index in [4.69, 9.17) is 0 Å². The third-order valence-corrected chi connectivity index (χ3v) is 2.90. The summed E-state index contributed by atoms with van der Waals surface area (Å²) in [6, 6.07) is 3.72. The van der Waals surface area contributed by atoms with E-state index < -0.39 is 0 Å². The van der Waals surface area contributed by atoms with Crippen LogP contribution in [0.4, 0.5) is 5.82 Å². The lowest BCUT2D eigenvalue weighted by atomic mass is 10.3. The molecule has 0 radical (unpaired) electrons. The van der Waals surface area contributed by atoms with E-state index in [2.05, 4.69) is 19.8 Å². The van der Waals surface area contributed by atoms with Crippen LogP contribution in [0.5, 0.6) is 0 Å². The lowest BCUT2D eigenvalue weighted by Gasteiger charge is -2.11. The van der Waals surface area contributed by atoms with Crippen molar-refractivity contribution in [3.63, 3.8) is 0 Å². The molecule has 21 heavy (non-hydrogen) atoms. The molecule has 0 spiro atoms. The second-order valence-corrected chi connectivity index (χ2v) is 4.64. The van der Waals surface area contributed by atoms with Crippen molar-refractivity contribution in [1.82, 2.24) is 15.1 Å². The van der Waals surface area contributed by atoms with E-state index in [-0.39, 0.29) is 5.97 Å². The quantitative estimate of drug-likeness (QED) is 0.588. The normalized spacial score (nSPS) is 10.2. The highest BCUT2D eigenvalue weighted by Gasteiger charge is 2.10. The van der Waals surface area contributed by atoms with Crippen LogP contribution in [0, 0.1) is 0 Å². The Kier molecular flexibility index (Phi) is 4.76. The molecule has 0 aliphatic rings. The van der Waals surface area contributed by atoms with Crippen LogP contribution in [0.1, 0.15) is 6.42 Å². The van der Waals surface area contributed by atoms with Crippen molar-refractivity contribution in [1.29, 1.82) is 0 Å². The molecule has 0 saturated heterocycles. The standard InChI is InChI=1S/C14H18N5O2/c1-18(2)12-4-7-15-14(17-12)11-5-8-19(16-10-11)9-6-13(20)21-3/h4-5,7-8,10H,6,9H2,1-3H3/q+1. The zero-order valence-corrected chi connectivity index (χ0v) is 12.4. The van der Waals surface area contributed by atoms with E-state index >= 15 is 0 Å². The zero-order valence-electron chi connectivity index (χ0n) is 12.4. The topological polar surface area (TPSA) is 72.1 Å². The SMILES string of the molecule is COC(=O)CC[n+]1ccc(-c2nccc(N(C)C)n2)cn1. The van der Waals surface area contributed by atoms with Crippen molar-refractivity contribution in [3.8, 4) is 11.4 Å². The second-order valence-electron chi connectivity index (χ2n) is 4.64. The summed E-state index contributed by atoms with van der Waals surface area (Å²) in [5.74, 6) is 1.20. The summed E-state index contributed by atoms with van der Waals surface area (Å²) in [6.45, 7) is 0.478. The predicted octanol–water partition coefficient (Wildman–Crippen LogP) is 0.455. The number of esters is 1. The average Bonchev–Trinajstić information content (AvgIpc) is 2.53. The first-order valence-electron chi connectivity index (χ1n) is 6.53. The fraction of sp³-hybridized carbons (Fsp3) is 0.357. The molecule has 2 aromatic heterocycles. The summed E-state index contributed by atoms with van der Waals surface area (Å²) >= 11 is 0. The highest BCUT2D eigenvalue weighted by Crippen LogP contribution is 2.14. The Morgan fingerprint density at radius 3 is 2.81 bits per heavy atom. The van der Waals surface area contributed by atoms with Crippen molar-refractivity contribution in [3.05, 3.63) is 30.7 Å². The number of hydrogen-bond acceptors (Lipinski definition) is 6. The summed E-state index contributed by atoms with van der Waals surface area (Å²) in [7, 11) is 5.23. The number of rotatable bonds is 5. The van der Waals surface area contributed by atoms with Gasteiger partial charge in [0.05, 0.1) is 7.11 Å². The summed E-state index contributed by atoms with van der Waals surface area (Å²) in [5.41, 5.74) is 0.827. The molecule has 0 amide bonds. The van der Waals surface area contributed by atoms with Gasteiger partial charge in [-0.2, -0.15) is 0 Å². The fourth-order valence-corrected chi connectivity index (χ4v) is 1.69. The monoisotopic (exact) mass is 288 g/mol. The van der Waals surface area contributed by atoms with Crippen molar-refractivity contribution >= 4 is 11.8 Å². The first kappa shape index (κ1) is 14.8. The van der Waals surface area contributed by atoms with Crippen LogP contribution in [0.15, 0.2) is 30.7 Å². The maximum Gasteiger partial charge on any atom is 0.312 e. The Morgan fingerprint density at radius 2 is 2.19 bits per heavy atom. The van der Waals surface area contributed by atoms with E-state index in [0.717, 1.165) is 11.4 Å². The molecule has 0 atom stereocenters. The van der Waals surface area contributed by atoms with Gasteiger partial charge < -0.3 is 9.64 Å². The van der Waals surface area contributed by atoms with E-state index in [1.54, 1.807) is 23.3 Å². The highest BCUT2D eigenvalue weighted by molar-refractivity contribution is 5.68. The molecule has 2 rings (SSSR count). The van der Waals surface area contributed by atoms with Gasteiger partial charge in [-0.05, 0) is 11.2 Å². The summed E-state index contributed by atoms with van der Waals surface area (Å²) < 4.78 is 6.27. The maximum absolute atomic E-state index is 11.1. The number of anilines is 1. The van der Waals surface area contributed by atoms with Crippen LogP contribution >= 0.6 is 0 Å². The van der Waals surface area contributed by atoms with Gasteiger partial charge in [-0.3, -0.25) is 4.79 Å². The van der Waals surface area contributed by atoms with Crippen LogP contribution < -0.4 is 9.58 Å². The molecule has 0 unspecified atom stereocenters. The molecule has 0 aromatic carbocycles. The van der Waals surface area contributed by atoms with Crippen molar-refractivity contribution < 1.29 is 14.2 Å². The molecule has 0 N–H and O–H groups in total. The number of methoxy groups -OCH3 is 1. The van der Waals surface area contributed by atoms with Crippen LogP contribution in [-0.2, 0) is 16.1 Å². The number of carbonyl (C=O) groups is 1. The van der Waals surface area contributed by atoms with Gasteiger partial charge in [-0.25, -0.2) is 9.97 Å². The second kappa shape index (κ2) is 6.74. The van der Waals surface area contributed by atoms with E-state index in [9.17, 15) is 4.79 Å². The molecule has 0 aliphatic carbocycles. The van der Waals surface area contributed by atoms with Crippen molar-refractivity contribution in [2.45, 2.75) is 13.0 Å². The molecular weight excluding hydrogens is 270 g/mol. The van der Waals surface area contributed by atoms with Crippen LogP contribution in [0.25, 0.3) is 11.4 Å². The van der Waals surface area contributed by atoms with Gasteiger partial charge in [0, 0.05) is 31.9 Å². The minimum atomic E-state index is -0.254. The lowest BCUT2D eigenvalue weighted by molar-refractivity contribution is -0.752. The van der Waals surface area contributed by atoms with Gasteiger partial charge >= 0.3 is 5.97 Å². The molecule has 0 bridgehead atoms. The number of ether oxygens (including phenoxy) is 1. The third kappa shape index (κ3) is 3.95. The Balaban J connectivity index is 2.11. The molecular formula is C14H18N5O2+. The molecule has 7 nitrogen and oxygen atoms in total. The number of carbonyl (C=O) groups excluding carboxylic acids is 1. The van der Waals surface area contributed by atoms with Gasteiger partial charge in [0.1, 0.15) is 18.4 Å². The largest absolute Gasteiger partial charge is 0.469 e. The summed E-state index contributed by atoms with van der Waals surface area (Å²) in [6.07, 6.45) is 5.49. The van der Waals surface area contributed by atoms with Crippen LogP contribution in [0.3, 0.4) is 0 Å². The van der Waals surface area contributed by atoms with Gasteiger partial charge in [0.25, 0.3) is 0 Å². The Bertz CT molecular complexity index is 613. The number of aryl methyl sites for hydroxylation is 1. The maximum atomic E-state index is 11.1. The molecule has 0 saturated carbocycles. The van der Waals surface area contributed by atoms with E-state index in [1.807, 2.05) is 31.1 Å². The zero-order chi connectivity index (χ0) is 15.2. The van der Waals surface area contributed by atoms with E-state index in [1.165, 1.54) is 7.11 Å². The third-order valence-electron chi connectivity index (χ3n) is 2.90. The Labute approximate surface area is 123 Å². The molecule has 0 aliphatic heterocycles. The first-order chi connectivity index (χ1) is 10.1. The first-order valence-corrected chi connectivity index (χ1v) is 6.53. The smallest absolute Gasteiger partial charge is 0.312 e. The molecule has 7 heteroatoms. The molecule has 2 aromatic rings. The average molecular weight is 288 g/mol. The van der Waals surface area contributed by atoms with Gasteiger partial charge in [-0.15, -0.1) is 0 Å². The summed E-state index contributed by atoms with van der Waals surface area (Å²) in [4.78, 5) is 21.7. The number of aromatic nitrogens is 4. The Hall–Kier alpha value is -2.57. The van der Waals surface area contributed by atoms with Crippen LogP contribution in [0.2, 0.25) is 0 Å². The van der Waals surface area contributed by atoms with Gasteiger partial charge in [0.15, 0.2) is 18.6 Å². The number of hydrogen-bond donors (Lipinski definition) is 0. The van der Waals surface area contributed by atoms with Gasteiger partial charge in [0.2, 0.25) is 0 Å². The van der Waals surface area contributed by atoms with Crippen LogP contribution in [-0.4, -0.2) is 42.2 Å². The molecule has 0 fully saturated rings. The number of nitrogens with zero attached hydrogens (tertiary/aromatic N) is 5.